The summed E-state index contributed by atoms with van der Waals surface area (Å²) in [6.45, 7) is 3.22. The van der Waals surface area contributed by atoms with Crippen LogP contribution in [0.4, 0.5) is 18.9 Å². The van der Waals surface area contributed by atoms with Crippen LogP contribution in [-0.2, 0) is 14.8 Å². The minimum Gasteiger partial charge on any atom is -0.404 e. The summed E-state index contributed by atoms with van der Waals surface area (Å²) in [6.07, 6.45) is -4.45. The lowest BCUT2D eigenvalue weighted by Crippen LogP contribution is -2.41. The highest BCUT2D eigenvalue weighted by Crippen LogP contribution is 2.32. The average molecular weight is 447 g/mol. The zero-order valence-corrected chi connectivity index (χ0v) is 17.0. The maximum atomic E-state index is 12.8. The van der Waals surface area contributed by atoms with Gasteiger partial charge in [0.05, 0.1) is 5.69 Å². The van der Waals surface area contributed by atoms with Gasteiger partial charge < -0.3 is 14.6 Å². The minimum absolute atomic E-state index is 0.0172. The molecule has 164 valence electrons. The molecule has 0 spiro atoms. The first-order valence-corrected chi connectivity index (χ1v) is 10.5. The normalized spacial score (nSPS) is 16.4. The van der Waals surface area contributed by atoms with Crippen LogP contribution in [0.15, 0.2) is 33.7 Å². The van der Waals surface area contributed by atoms with Crippen molar-refractivity contribution in [3.8, 4) is 5.75 Å². The number of anilines is 1. The van der Waals surface area contributed by atoms with Crippen molar-refractivity contribution in [2.75, 3.05) is 18.4 Å². The molecule has 1 aliphatic heterocycles. The summed E-state index contributed by atoms with van der Waals surface area (Å²) < 4.78 is 73.4. The number of para-hydroxylation sites is 2. The molecule has 0 radical (unpaired) electrons. The number of halogens is 3. The second-order valence-corrected chi connectivity index (χ2v) is 8.74. The van der Waals surface area contributed by atoms with Crippen LogP contribution < -0.4 is 10.1 Å². The Morgan fingerprint density at radius 3 is 2.43 bits per heavy atom. The van der Waals surface area contributed by atoms with Crippen molar-refractivity contribution in [3.63, 3.8) is 0 Å². The molecule has 1 saturated heterocycles. The van der Waals surface area contributed by atoms with Crippen LogP contribution in [0, 0.1) is 19.8 Å². The first kappa shape index (κ1) is 22.1. The number of amides is 1. The summed E-state index contributed by atoms with van der Waals surface area (Å²) in [5, 5.41) is 6.11. The molecular weight excluding hydrogens is 427 g/mol. The Labute approximate surface area is 171 Å². The predicted molar refractivity (Wildman–Crippen MR) is 99.2 cm³/mol. The fraction of sp³-hybridized carbons (Fsp3) is 0.444. The van der Waals surface area contributed by atoms with Crippen LogP contribution in [0.1, 0.15) is 24.3 Å². The maximum Gasteiger partial charge on any atom is 0.573 e. The molecule has 12 heteroatoms. The average Bonchev–Trinajstić information content (AvgIpc) is 3.01. The lowest BCUT2D eigenvalue weighted by Gasteiger charge is -2.30. The van der Waals surface area contributed by atoms with E-state index in [0.29, 0.717) is 0 Å². The standard InChI is InChI=1S/C18H20F3N3O5S/c1-11-16(12(2)29-23-11)30(26,27)24-9-7-13(8-10-24)17(25)22-14-5-3-4-6-15(14)28-18(19,20)21/h3-6,13H,7-10H2,1-2H3,(H,22,25). The molecule has 2 aromatic rings. The van der Waals surface area contributed by atoms with E-state index in [1.165, 1.54) is 36.4 Å². The zero-order valence-electron chi connectivity index (χ0n) is 16.2. The van der Waals surface area contributed by atoms with Crippen LogP contribution in [0.2, 0.25) is 0 Å². The number of carbonyl (C=O) groups excluding carboxylic acids is 1. The second-order valence-electron chi connectivity index (χ2n) is 6.86. The lowest BCUT2D eigenvalue weighted by molar-refractivity contribution is -0.274. The number of aromatic nitrogens is 1. The molecule has 2 heterocycles. The SMILES string of the molecule is Cc1noc(C)c1S(=O)(=O)N1CCC(C(=O)Nc2ccccc2OC(F)(F)F)CC1. The molecule has 8 nitrogen and oxygen atoms in total. The van der Waals surface area contributed by atoms with Crippen LogP contribution in [0.5, 0.6) is 5.75 Å². The van der Waals surface area contributed by atoms with Gasteiger partial charge in [-0.1, -0.05) is 17.3 Å². The highest BCUT2D eigenvalue weighted by atomic mass is 32.2. The molecular formula is C18H20F3N3O5S. The van der Waals surface area contributed by atoms with Gasteiger partial charge in [-0.25, -0.2) is 8.42 Å². The minimum atomic E-state index is -4.89. The number of piperidine rings is 1. The zero-order chi connectivity index (χ0) is 22.1. The van der Waals surface area contributed by atoms with Gasteiger partial charge in [0.2, 0.25) is 15.9 Å². The number of rotatable bonds is 5. The number of nitrogens with one attached hydrogen (secondary N) is 1. The number of benzene rings is 1. The first-order valence-electron chi connectivity index (χ1n) is 9.07. The van der Waals surface area contributed by atoms with E-state index in [0.717, 1.165) is 6.07 Å². The van der Waals surface area contributed by atoms with Crippen molar-refractivity contribution < 1.29 is 35.6 Å². The molecule has 0 unspecified atom stereocenters. The molecule has 0 aliphatic carbocycles. The third kappa shape index (κ3) is 4.75. The van der Waals surface area contributed by atoms with E-state index in [2.05, 4.69) is 15.2 Å². The van der Waals surface area contributed by atoms with Crippen LogP contribution >= 0.6 is 0 Å². The van der Waals surface area contributed by atoms with E-state index in [-0.39, 0.29) is 48.0 Å². The third-order valence-corrected chi connectivity index (χ3v) is 6.90. The van der Waals surface area contributed by atoms with Crippen molar-refractivity contribution in [2.45, 2.75) is 37.9 Å². The van der Waals surface area contributed by atoms with Crippen molar-refractivity contribution >= 4 is 21.6 Å². The Balaban J connectivity index is 1.66. The van der Waals surface area contributed by atoms with E-state index in [9.17, 15) is 26.4 Å². The second kappa shape index (κ2) is 8.26. The Bertz CT molecular complexity index is 1010. The summed E-state index contributed by atoms with van der Waals surface area (Å²) in [7, 11) is -3.81. The van der Waals surface area contributed by atoms with Crippen molar-refractivity contribution in [1.82, 2.24) is 9.46 Å². The number of sulfonamides is 1. The van der Waals surface area contributed by atoms with Crippen LogP contribution in [0.3, 0.4) is 0 Å². The summed E-state index contributed by atoms with van der Waals surface area (Å²) in [6, 6.07) is 5.23. The van der Waals surface area contributed by atoms with E-state index in [1.807, 2.05) is 0 Å². The predicted octanol–water partition coefficient (Wildman–Crippen LogP) is 3.23. The summed E-state index contributed by atoms with van der Waals surface area (Å²) in [5.74, 6) is -1.38. The molecule has 1 fully saturated rings. The Hall–Kier alpha value is -2.60. The Kier molecular flexibility index (Phi) is 6.09. The fourth-order valence-electron chi connectivity index (χ4n) is 3.35. The molecule has 1 aromatic carbocycles. The molecule has 1 aromatic heterocycles. The largest absolute Gasteiger partial charge is 0.573 e. The van der Waals surface area contributed by atoms with Crippen LogP contribution in [0.25, 0.3) is 0 Å². The van der Waals surface area contributed by atoms with Gasteiger partial charge in [-0.15, -0.1) is 13.2 Å². The third-order valence-electron chi connectivity index (χ3n) is 4.76. The number of hydrogen-bond acceptors (Lipinski definition) is 6. The molecule has 1 amide bonds. The Morgan fingerprint density at radius 2 is 1.87 bits per heavy atom. The topological polar surface area (TPSA) is 102 Å². The maximum absolute atomic E-state index is 12.8. The molecule has 0 bridgehead atoms. The quantitative estimate of drug-likeness (QED) is 0.755. The van der Waals surface area contributed by atoms with Crippen molar-refractivity contribution in [3.05, 3.63) is 35.7 Å². The van der Waals surface area contributed by atoms with Gasteiger partial charge in [0.15, 0.2) is 11.5 Å². The summed E-state index contributed by atoms with van der Waals surface area (Å²) in [4.78, 5) is 12.6. The fourth-order valence-corrected chi connectivity index (χ4v) is 5.11. The number of carbonyl (C=O) groups is 1. The van der Waals surface area contributed by atoms with E-state index >= 15 is 0 Å². The van der Waals surface area contributed by atoms with Gasteiger partial charge in [0, 0.05) is 19.0 Å². The summed E-state index contributed by atoms with van der Waals surface area (Å²) in [5.41, 5.74) is 0.152. The summed E-state index contributed by atoms with van der Waals surface area (Å²) >= 11 is 0. The molecule has 3 rings (SSSR count). The lowest BCUT2D eigenvalue weighted by atomic mass is 9.97. The van der Waals surface area contributed by atoms with Gasteiger partial charge in [0.1, 0.15) is 10.6 Å². The Morgan fingerprint density at radius 1 is 1.23 bits per heavy atom. The highest BCUT2D eigenvalue weighted by molar-refractivity contribution is 7.89. The van der Waals surface area contributed by atoms with Gasteiger partial charge in [-0.3, -0.25) is 4.79 Å². The van der Waals surface area contributed by atoms with Gasteiger partial charge in [-0.05, 0) is 38.8 Å². The van der Waals surface area contributed by atoms with Gasteiger partial charge in [0.25, 0.3) is 0 Å². The van der Waals surface area contributed by atoms with E-state index in [4.69, 9.17) is 4.52 Å². The first-order chi connectivity index (χ1) is 14.0. The smallest absolute Gasteiger partial charge is 0.404 e. The monoisotopic (exact) mass is 447 g/mol. The number of aryl methyl sites for hydroxylation is 2. The molecule has 30 heavy (non-hydrogen) atoms. The molecule has 0 atom stereocenters. The van der Waals surface area contributed by atoms with Gasteiger partial charge >= 0.3 is 6.36 Å². The molecule has 1 N–H and O–H groups in total. The van der Waals surface area contributed by atoms with E-state index in [1.54, 1.807) is 0 Å². The molecule has 0 saturated carbocycles. The van der Waals surface area contributed by atoms with Crippen molar-refractivity contribution in [2.24, 2.45) is 5.92 Å². The molecule has 1 aliphatic rings. The number of alkyl halides is 3. The van der Waals surface area contributed by atoms with E-state index < -0.39 is 34.0 Å². The number of hydrogen-bond donors (Lipinski definition) is 1. The van der Waals surface area contributed by atoms with Gasteiger partial charge in [-0.2, -0.15) is 4.31 Å². The van der Waals surface area contributed by atoms with Crippen molar-refractivity contribution in [1.29, 1.82) is 0 Å². The number of ether oxygens (including phenoxy) is 1. The highest BCUT2D eigenvalue weighted by Gasteiger charge is 2.36. The van der Waals surface area contributed by atoms with Crippen LogP contribution in [-0.4, -0.2) is 43.2 Å². The number of nitrogens with zero attached hydrogens (tertiary/aromatic N) is 2.